The predicted octanol–water partition coefficient (Wildman–Crippen LogP) is -0.0989. The normalized spacial score (nSPS) is 26.1. The number of piperidine rings is 1. The monoisotopic (exact) mass is 391 g/mol. The number of hydrogen-bond acceptors (Lipinski definition) is 5. The minimum atomic E-state index is -3.86. The average Bonchev–Trinajstić information content (AvgIpc) is 3.11. The number of benzene rings is 1. The van der Waals surface area contributed by atoms with Crippen LogP contribution in [0.1, 0.15) is 18.9 Å². The Labute approximate surface area is 157 Å². The number of para-hydroxylation sites is 1. The Kier molecular flexibility index (Phi) is 4.04. The van der Waals surface area contributed by atoms with Crippen LogP contribution in [0.5, 0.6) is 5.75 Å². The van der Waals surface area contributed by atoms with Crippen molar-refractivity contribution in [1.29, 1.82) is 0 Å². The standard InChI is InChI=1S/C18H21N3O5S/c1-11-14(6-12-4-2-3-5-15(12)26-11)17(23)20-18-7-13(18)8-21(10-18)16(22)9-27(19,24)25/h2-5,13H,6-10H2,1H3,(H,20,23)(H2,19,24,25)/t13-,18-/m0/s1. The fourth-order valence-electron chi connectivity index (χ4n) is 3.96. The number of hydrogen-bond donors (Lipinski definition) is 2. The van der Waals surface area contributed by atoms with Gasteiger partial charge in [0.2, 0.25) is 15.9 Å². The number of fused-ring (bicyclic) bond motifs is 2. The summed E-state index contributed by atoms with van der Waals surface area (Å²) in [5.41, 5.74) is 1.05. The van der Waals surface area contributed by atoms with Crippen molar-refractivity contribution in [3.63, 3.8) is 0 Å². The number of nitrogens with two attached hydrogens (primary N) is 1. The van der Waals surface area contributed by atoms with E-state index in [1.165, 1.54) is 4.90 Å². The lowest BCUT2D eigenvalue weighted by Crippen LogP contribution is -2.46. The van der Waals surface area contributed by atoms with E-state index in [0.717, 1.165) is 17.7 Å². The summed E-state index contributed by atoms with van der Waals surface area (Å²) in [6.45, 7) is 2.51. The number of primary sulfonamides is 1. The largest absolute Gasteiger partial charge is 0.461 e. The van der Waals surface area contributed by atoms with Gasteiger partial charge in [0.25, 0.3) is 5.91 Å². The van der Waals surface area contributed by atoms with Gasteiger partial charge in [0.1, 0.15) is 17.3 Å². The third-order valence-corrected chi connectivity index (χ3v) is 6.14. The maximum absolute atomic E-state index is 12.8. The number of carbonyl (C=O) groups is 2. The van der Waals surface area contributed by atoms with E-state index in [9.17, 15) is 18.0 Å². The molecule has 1 saturated heterocycles. The van der Waals surface area contributed by atoms with E-state index < -0.39 is 27.2 Å². The maximum atomic E-state index is 12.8. The number of ether oxygens (including phenoxy) is 1. The molecule has 1 aromatic carbocycles. The van der Waals surface area contributed by atoms with E-state index in [1.54, 1.807) is 6.92 Å². The quantitative estimate of drug-likeness (QED) is 0.743. The van der Waals surface area contributed by atoms with E-state index in [4.69, 9.17) is 9.88 Å². The molecule has 2 atom stereocenters. The third-order valence-electron chi connectivity index (χ3n) is 5.49. The molecular formula is C18H21N3O5S. The van der Waals surface area contributed by atoms with E-state index in [0.29, 0.717) is 30.8 Å². The Morgan fingerprint density at radius 1 is 1.37 bits per heavy atom. The van der Waals surface area contributed by atoms with Gasteiger partial charge in [0.15, 0.2) is 0 Å². The number of rotatable bonds is 4. The highest BCUT2D eigenvalue weighted by molar-refractivity contribution is 7.89. The molecule has 0 spiro atoms. The molecular weight excluding hydrogens is 370 g/mol. The van der Waals surface area contributed by atoms with Crippen molar-refractivity contribution in [1.82, 2.24) is 10.2 Å². The van der Waals surface area contributed by atoms with E-state index in [-0.39, 0.29) is 11.8 Å². The lowest BCUT2D eigenvalue weighted by atomic mass is 9.99. The molecule has 144 valence electrons. The highest BCUT2D eigenvalue weighted by atomic mass is 32.2. The van der Waals surface area contributed by atoms with Crippen LogP contribution in [0.4, 0.5) is 0 Å². The van der Waals surface area contributed by atoms with E-state index in [1.807, 2.05) is 24.3 Å². The summed E-state index contributed by atoms with van der Waals surface area (Å²) >= 11 is 0. The minimum Gasteiger partial charge on any atom is -0.461 e. The second-order valence-corrected chi connectivity index (χ2v) is 9.13. The molecule has 9 heteroatoms. The molecule has 1 saturated carbocycles. The number of sulfonamides is 1. The fourth-order valence-corrected chi connectivity index (χ4v) is 4.49. The molecule has 27 heavy (non-hydrogen) atoms. The molecule has 2 fully saturated rings. The molecule has 0 radical (unpaired) electrons. The fraction of sp³-hybridized carbons (Fsp3) is 0.444. The van der Waals surface area contributed by atoms with Crippen LogP contribution in [0.2, 0.25) is 0 Å². The van der Waals surface area contributed by atoms with Crippen molar-refractivity contribution in [2.75, 3.05) is 18.8 Å². The van der Waals surface area contributed by atoms with Crippen LogP contribution < -0.4 is 15.2 Å². The zero-order valence-electron chi connectivity index (χ0n) is 14.9. The molecule has 1 aliphatic carbocycles. The second kappa shape index (κ2) is 6.07. The predicted molar refractivity (Wildman–Crippen MR) is 97.0 cm³/mol. The SMILES string of the molecule is CC1=C(C(=O)N[C@]23C[C@H]2CN(C(=O)CS(N)(=O)=O)C3)Cc2ccccc2O1. The van der Waals surface area contributed by atoms with Gasteiger partial charge in [-0.3, -0.25) is 9.59 Å². The summed E-state index contributed by atoms with van der Waals surface area (Å²) in [6, 6.07) is 7.59. The molecule has 0 bridgehead atoms. The van der Waals surface area contributed by atoms with Crippen molar-refractivity contribution < 1.29 is 22.7 Å². The zero-order valence-corrected chi connectivity index (χ0v) is 15.7. The van der Waals surface area contributed by atoms with Crippen LogP contribution in [-0.2, 0) is 26.0 Å². The molecule has 8 nitrogen and oxygen atoms in total. The second-order valence-electron chi connectivity index (χ2n) is 7.51. The number of amides is 2. The Morgan fingerprint density at radius 3 is 2.85 bits per heavy atom. The summed E-state index contributed by atoms with van der Waals surface area (Å²) < 4.78 is 28.0. The Morgan fingerprint density at radius 2 is 2.11 bits per heavy atom. The first-order valence-electron chi connectivity index (χ1n) is 8.73. The molecule has 2 heterocycles. The van der Waals surface area contributed by atoms with Gasteiger partial charge in [-0.15, -0.1) is 0 Å². The van der Waals surface area contributed by atoms with Crippen LogP contribution in [0.15, 0.2) is 35.6 Å². The molecule has 0 aromatic heterocycles. The number of allylic oxidation sites excluding steroid dienone is 1. The Hall–Kier alpha value is -2.39. The highest BCUT2D eigenvalue weighted by Gasteiger charge is 2.62. The number of carbonyl (C=O) groups excluding carboxylic acids is 2. The molecule has 0 unspecified atom stereocenters. The molecule has 3 aliphatic rings. The number of nitrogens with zero attached hydrogens (tertiary/aromatic N) is 1. The lowest BCUT2D eigenvalue weighted by molar-refractivity contribution is -0.128. The van der Waals surface area contributed by atoms with Crippen LogP contribution >= 0.6 is 0 Å². The van der Waals surface area contributed by atoms with Crippen LogP contribution in [0.3, 0.4) is 0 Å². The zero-order chi connectivity index (χ0) is 19.4. The van der Waals surface area contributed by atoms with E-state index >= 15 is 0 Å². The van der Waals surface area contributed by atoms with Gasteiger partial charge < -0.3 is 15.0 Å². The third kappa shape index (κ3) is 3.44. The smallest absolute Gasteiger partial charge is 0.251 e. The average molecular weight is 391 g/mol. The van der Waals surface area contributed by atoms with Crippen LogP contribution in [0, 0.1) is 5.92 Å². The van der Waals surface area contributed by atoms with Gasteiger partial charge in [-0.2, -0.15) is 0 Å². The summed E-state index contributed by atoms with van der Waals surface area (Å²) in [5, 5.41) is 8.01. The molecule has 3 N–H and O–H groups in total. The van der Waals surface area contributed by atoms with Gasteiger partial charge in [-0.25, -0.2) is 13.6 Å². The molecule has 2 aliphatic heterocycles. The Balaban J connectivity index is 1.43. The van der Waals surface area contributed by atoms with Crippen LogP contribution in [0.25, 0.3) is 0 Å². The van der Waals surface area contributed by atoms with E-state index in [2.05, 4.69) is 5.32 Å². The van der Waals surface area contributed by atoms with Crippen molar-refractivity contribution >= 4 is 21.8 Å². The van der Waals surface area contributed by atoms with Gasteiger partial charge in [0, 0.05) is 25.4 Å². The van der Waals surface area contributed by atoms with Crippen molar-refractivity contribution in [2.24, 2.45) is 11.1 Å². The first-order chi connectivity index (χ1) is 12.7. The van der Waals surface area contributed by atoms with Gasteiger partial charge >= 0.3 is 0 Å². The summed E-state index contributed by atoms with van der Waals surface area (Å²) in [5.74, 6) is 0.0330. The maximum Gasteiger partial charge on any atom is 0.251 e. The molecule has 4 rings (SSSR count). The highest BCUT2D eigenvalue weighted by Crippen LogP contribution is 2.49. The topological polar surface area (TPSA) is 119 Å². The minimum absolute atomic E-state index is 0.142. The van der Waals surface area contributed by atoms with Gasteiger partial charge in [-0.1, -0.05) is 18.2 Å². The summed E-state index contributed by atoms with van der Waals surface area (Å²) in [6.07, 6.45) is 1.27. The first-order valence-corrected chi connectivity index (χ1v) is 10.4. The molecule has 1 aromatic rings. The number of likely N-dealkylation sites (tertiary alicyclic amines) is 1. The van der Waals surface area contributed by atoms with Crippen molar-refractivity contribution in [2.45, 2.75) is 25.3 Å². The summed E-state index contributed by atoms with van der Waals surface area (Å²) in [4.78, 5) is 26.4. The van der Waals surface area contributed by atoms with Crippen molar-refractivity contribution in [3.05, 3.63) is 41.2 Å². The lowest BCUT2D eigenvalue weighted by Gasteiger charge is -2.24. The summed E-state index contributed by atoms with van der Waals surface area (Å²) in [7, 11) is -3.86. The molecule has 2 amide bonds. The number of nitrogens with one attached hydrogen (secondary N) is 1. The van der Waals surface area contributed by atoms with Gasteiger partial charge in [-0.05, 0) is 25.0 Å². The van der Waals surface area contributed by atoms with Crippen molar-refractivity contribution in [3.8, 4) is 5.75 Å². The Bertz CT molecular complexity index is 971. The first kappa shape index (κ1) is 18.0. The van der Waals surface area contributed by atoms with Crippen LogP contribution in [-0.4, -0.2) is 49.5 Å². The van der Waals surface area contributed by atoms with Gasteiger partial charge in [0.05, 0.1) is 11.1 Å².